The summed E-state index contributed by atoms with van der Waals surface area (Å²) in [5.74, 6) is -2.39. The molecule has 0 saturated carbocycles. The van der Waals surface area contributed by atoms with Gasteiger partial charge in [0.1, 0.15) is 23.4 Å². The Bertz CT molecular complexity index is 1220. The molecule has 10 heteroatoms. The van der Waals surface area contributed by atoms with Gasteiger partial charge >= 0.3 is 0 Å². The summed E-state index contributed by atoms with van der Waals surface area (Å²) in [6, 6.07) is 14.3. The fraction of sp³-hybridized carbons (Fsp3) is 0.174. The van der Waals surface area contributed by atoms with E-state index < -0.39 is 39.3 Å². The van der Waals surface area contributed by atoms with Crippen LogP contribution in [0.15, 0.2) is 71.6 Å². The zero-order valence-corrected chi connectivity index (χ0v) is 18.7. The Morgan fingerprint density at radius 1 is 0.909 bits per heavy atom. The Balaban J connectivity index is 1.93. The highest BCUT2D eigenvalue weighted by molar-refractivity contribution is 7.89. The monoisotopic (exact) mass is 476 g/mol. The van der Waals surface area contributed by atoms with Gasteiger partial charge in [-0.1, -0.05) is 36.4 Å². The molecule has 0 aliphatic carbocycles. The number of benzene rings is 3. The van der Waals surface area contributed by atoms with Crippen molar-refractivity contribution in [2.75, 3.05) is 19.5 Å². The third-order valence-corrected chi connectivity index (χ3v) is 6.24. The normalized spacial score (nSPS) is 12.1. The maximum absolute atomic E-state index is 14.0. The van der Waals surface area contributed by atoms with Crippen LogP contribution in [0.5, 0.6) is 11.5 Å². The summed E-state index contributed by atoms with van der Waals surface area (Å²) in [5, 5.41) is 2.15. The molecule has 0 aromatic heterocycles. The van der Waals surface area contributed by atoms with Crippen LogP contribution >= 0.6 is 0 Å². The molecule has 0 unspecified atom stereocenters. The van der Waals surface area contributed by atoms with Gasteiger partial charge in [0.05, 0.1) is 19.1 Å². The fourth-order valence-electron chi connectivity index (χ4n) is 3.10. The van der Waals surface area contributed by atoms with Gasteiger partial charge in [0.25, 0.3) is 0 Å². The summed E-state index contributed by atoms with van der Waals surface area (Å²) in [7, 11) is -1.46. The third kappa shape index (κ3) is 5.85. The molecule has 7 nitrogen and oxygen atoms in total. The molecule has 33 heavy (non-hydrogen) atoms. The van der Waals surface area contributed by atoms with Gasteiger partial charge < -0.3 is 14.8 Å². The molecular formula is C23H22F2N2O5S. The highest BCUT2D eigenvalue weighted by Crippen LogP contribution is 2.29. The summed E-state index contributed by atoms with van der Waals surface area (Å²) < 4.78 is 66.8. The number of nitrogens with one attached hydrogen (secondary N) is 2. The van der Waals surface area contributed by atoms with E-state index in [0.29, 0.717) is 11.3 Å². The van der Waals surface area contributed by atoms with Crippen LogP contribution in [0.1, 0.15) is 5.56 Å². The van der Waals surface area contributed by atoms with E-state index in [9.17, 15) is 22.0 Å². The summed E-state index contributed by atoms with van der Waals surface area (Å²) in [6.07, 6.45) is -0.0603. The molecule has 0 fully saturated rings. The average molecular weight is 477 g/mol. The van der Waals surface area contributed by atoms with Crippen LogP contribution in [0.4, 0.5) is 14.5 Å². The van der Waals surface area contributed by atoms with E-state index >= 15 is 0 Å². The third-order valence-electron chi connectivity index (χ3n) is 4.77. The van der Waals surface area contributed by atoms with Gasteiger partial charge in [-0.05, 0) is 36.2 Å². The molecular weight excluding hydrogens is 454 g/mol. The van der Waals surface area contributed by atoms with Gasteiger partial charge in [0.15, 0.2) is 11.5 Å². The maximum Gasteiger partial charge on any atom is 0.243 e. The molecule has 0 aliphatic heterocycles. The highest BCUT2D eigenvalue weighted by atomic mass is 32.2. The van der Waals surface area contributed by atoms with Crippen LogP contribution in [0.25, 0.3) is 0 Å². The van der Waals surface area contributed by atoms with Crippen molar-refractivity contribution >= 4 is 21.6 Å². The van der Waals surface area contributed by atoms with E-state index in [-0.39, 0.29) is 17.1 Å². The highest BCUT2D eigenvalue weighted by Gasteiger charge is 2.28. The first-order chi connectivity index (χ1) is 15.7. The number of para-hydroxylation sites is 1. The lowest BCUT2D eigenvalue weighted by Gasteiger charge is -2.20. The van der Waals surface area contributed by atoms with Crippen molar-refractivity contribution < 1.29 is 31.5 Å². The van der Waals surface area contributed by atoms with E-state index in [1.165, 1.54) is 32.4 Å². The second-order valence-corrected chi connectivity index (χ2v) is 8.68. The van der Waals surface area contributed by atoms with Crippen LogP contribution in [0, 0.1) is 11.6 Å². The smallest absolute Gasteiger partial charge is 0.243 e. The first-order valence-electron chi connectivity index (χ1n) is 9.78. The lowest BCUT2D eigenvalue weighted by Crippen LogP contribution is -2.45. The van der Waals surface area contributed by atoms with E-state index in [4.69, 9.17) is 9.47 Å². The maximum atomic E-state index is 14.0. The second-order valence-electron chi connectivity index (χ2n) is 6.97. The molecule has 174 valence electrons. The lowest BCUT2D eigenvalue weighted by molar-refractivity contribution is -0.117. The number of carbonyl (C=O) groups excluding carboxylic acids is 1. The number of hydrogen-bond acceptors (Lipinski definition) is 5. The molecule has 0 radical (unpaired) electrons. The standard InChI is InChI=1S/C23H22F2N2O5S/c1-31-20-12-11-16(14-21(20)32-2)33(29,30)27-19(13-15-7-4-3-5-8-15)23(28)26-22-17(24)9-6-10-18(22)25/h3-12,14,19,27H,13H2,1-2H3,(H,26,28)/t19-/m1/s1. The van der Waals surface area contributed by atoms with Crippen molar-refractivity contribution in [3.63, 3.8) is 0 Å². The van der Waals surface area contributed by atoms with Crippen LogP contribution in [-0.4, -0.2) is 34.6 Å². The van der Waals surface area contributed by atoms with E-state index in [2.05, 4.69) is 10.0 Å². The number of hydrogen-bond donors (Lipinski definition) is 2. The number of amides is 1. The number of carbonyl (C=O) groups is 1. The number of sulfonamides is 1. The fourth-order valence-corrected chi connectivity index (χ4v) is 4.31. The minimum atomic E-state index is -4.23. The Kier molecular flexibility index (Phi) is 7.62. The van der Waals surface area contributed by atoms with E-state index in [1.807, 2.05) is 0 Å². The summed E-state index contributed by atoms with van der Waals surface area (Å²) in [4.78, 5) is 12.8. The number of ether oxygens (including phenoxy) is 2. The zero-order chi connectivity index (χ0) is 24.0. The van der Waals surface area contributed by atoms with Gasteiger partial charge in [-0.2, -0.15) is 4.72 Å². The van der Waals surface area contributed by atoms with E-state index in [0.717, 1.165) is 18.2 Å². The Labute approximate surface area is 190 Å². The molecule has 1 amide bonds. The topological polar surface area (TPSA) is 93.7 Å². The quantitative estimate of drug-likeness (QED) is 0.493. The molecule has 0 spiro atoms. The van der Waals surface area contributed by atoms with Gasteiger partial charge in [-0.3, -0.25) is 4.79 Å². The second kappa shape index (κ2) is 10.4. The number of halogens is 2. The van der Waals surface area contributed by atoms with Crippen molar-refractivity contribution in [3.05, 3.63) is 83.9 Å². The molecule has 3 aromatic rings. The van der Waals surface area contributed by atoms with Crippen molar-refractivity contribution in [3.8, 4) is 11.5 Å². The Morgan fingerprint density at radius 3 is 2.15 bits per heavy atom. The first kappa shape index (κ1) is 24.1. The van der Waals surface area contributed by atoms with Crippen molar-refractivity contribution in [1.82, 2.24) is 4.72 Å². The molecule has 0 aliphatic rings. The number of methoxy groups -OCH3 is 2. The molecule has 0 saturated heterocycles. The molecule has 3 aromatic carbocycles. The molecule has 0 bridgehead atoms. The SMILES string of the molecule is COc1ccc(S(=O)(=O)N[C@H](Cc2ccccc2)C(=O)Nc2c(F)cccc2F)cc1OC. The van der Waals surface area contributed by atoms with Crippen molar-refractivity contribution in [2.24, 2.45) is 0 Å². The van der Waals surface area contributed by atoms with Gasteiger partial charge in [-0.25, -0.2) is 17.2 Å². The minimum Gasteiger partial charge on any atom is -0.493 e. The van der Waals surface area contributed by atoms with Crippen LogP contribution in [0.2, 0.25) is 0 Å². The predicted octanol–water partition coefficient (Wildman–Crippen LogP) is 3.51. The molecule has 1 atom stereocenters. The Hall–Kier alpha value is -3.50. The van der Waals surface area contributed by atoms with Crippen LogP contribution < -0.4 is 19.5 Å². The Morgan fingerprint density at radius 2 is 1.55 bits per heavy atom. The zero-order valence-electron chi connectivity index (χ0n) is 17.8. The van der Waals surface area contributed by atoms with Gasteiger partial charge in [0.2, 0.25) is 15.9 Å². The summed E-state index contributed by atoms with van der Waals surface area (Å²) in [5.41, 5.74) is -0.0208. The average Bonchev–Trinajstić information content (AvgIpc) is 2.81. The summed E-state index contributed by atoms with van der Waals surface area (Å²) >= 11 is 0. The first-order valence-corrected chi connectivity index (χ1v) is 11.3. The largest absolute Gasteiger partial charge is 0.493 e. The van der Waals surface area contributed by atoms with Gasteiger partial charge in [-0.15, -0.1) is 0 Å². The lowest BCUT2D eigenvalue weighted by atomic mass is 10.1. The number of rotatable bonds is 9. The minimum absolute atomic E-state index is 0.0603. The van der Waals surface area contributed by atoms with Crippen LogP contribution in [-0.2, 0) is 21.2 Å². The van der Waals surface area contributed by atoms with Crippen LogP contribution in [0.3, 0.4) is 0 Å². The van der Waals surface area contributed by atoms with Gasteiger partial charge in [0, 0.05) is 6.07 Å². The number of anilines is 1. The molecule has 3 rings (SSSR count). The predicted molar refractivity (Wildman–Crippen MR) is 119 cm³/mol. The van der Waals surface area contributed by atoms with E-state index in [1.54, 1.807) is 30.3 Å². The molecule has 0 heterocycles. The van der Waals surface area contributed by atoms with Crippen molar-refractivity contribution in [2.45, 2.75) is 17.4 Å². The molecule has 2 N–H and O–H groups in total. The van der Waals surface area contributed by atoms with Crippen molar-refractivity contribution in [1.29, 1.82) is 0 Å². The summed E-state index contributed by atoms with van der Waals surface area (Å²) in [6.45, 7) is 0.